The maximum atomic E-state index is 5.71. The molecule has 15 heavy (non-hydrogen) atoms. The van der Waals surface area contributed by atoms with Crippen molar-refractivity contribution in [3.8, 4) is 5.88 Å². The molecule has 0 saturated heterocycles. The van der Waals surface area contributed by atoms with Gasteiger partial charge < -0.3 is 4.74 Å². The largest absolute Gasteiger partial charge is 0.473 e. The Balaban J connectivity index is 1.96. The molecule has 2 rings (SSSR count). The molecule has 2 aromatic rings. The van der Waals surface area contributed by atoms with Crippen molar-refractivity contribution in [3.63, 3.8) is 0 Å². The van der Waals surface area contributed by atoms with Crippen LogP contribution in [0.15, 0.2) is 48.7 Å². The lowest BCUT2D eigenvalue weighted by atomic mass is 10.2. The monoisotopic (exact) mass is 219 g/mol. The van der Waals surface area contributed by atoms with E-state index in [4.69, 9.17) is 16.3 Å². The predicted molar refractivity (Wildman–Crippen MR) is 60.0 cm³/mol. The molecule has 0 aliphatic heterocycles. The number of benzene rings is 1. The first kappa shape index (κ1) is 9.99. The highest BCUT2D eigenvalue weighted by Crippen LogP contribution is 2.12. The first-order chi connectivity index (χ1) is 7.34. The Morgan fingerprint density at radius 1 is 1.07 bits per heavy atom. The third kappa shape index (κ3) is 2.96. The van der Waals surface area contributed by atoms with E-state index >= 15 is 0 Å². The van der Waals surface area contributed by atoms with Crippen molar-refractivity contribution in [1.82, 2.24) is 4.98 Å². The van der Waals surface area contributed by atoms with Gasteiger partial charge in [0.05, 0.1) is 5.02 Å². The van der Waals surface area contributed by atoms with E-state index in [0.717, 1.165) is 5.56 Å². The maximum Gasteiger partial charge on any atom is 0.213 e. The normalized spacial score (nSPS) is 9.93. The van der Waals surface area contributed by atoms with E-state index in [1.165, 1.54) is 0 Å². The number of rotatable bonds is 3. The average Bonchev–Trinajstić information content (AvgIpc) is 2.30. The van der Waals surface area contributed by atoms with E-state index < -0.39 is 0 Å². The summed E-state index contributed by atoms with van der Waals surface area (Å²) >= 11 is 5.71. The van der Waals surface area contributed by atoms with Crippen molar-refractivity contribution < 1.29 is 4.74 Å². The zero-order chi connectivity index (χ0) is 10.5. The highest BCUT2D eigenvalue weighted by molar-refractivity contribution is 6.30. The van der Waals surface area contributed by atoms with E-state index in [1.807, 2.05) is 30.3 Å². The summed E-state index contributed by atoms with van der Waals surface area (Å²) in [5.41, 5.74) is 1.12. The Hall–Kier alpha value is -1.54. The van der Waals surface area contributed by atoms with Crippen molar-refractivity contribution in [2.75, 3.05) is 0 Å². The van der Waals surface area contributed by atoms with Gasteiger partial charge in [0.25, 0.3) is 0 Å². The number of hydrogen-bond acceptors (Lipinski definition) is 2. The highest BCUT2D eigenvalue weighted by Gasteiger charge is 1.96. The Morgan fingerprint density at radius 3 is 2.53 bits per heavy atom. The van der Waals surface area contributed by atoms with Crippen molar-refractivity contribution in [2.45, 2.75) is 6.61 Å². The van der Waals surface area contributed by atoms with Crippen molar-refractivity contribution >= 4 is 11.6 Å². The second-order valence-electron chi connectivity index (χ2n) is 3.09. The van der Waals surface area contributed by atoms with Crippen molar-refractivity contribution in [1.29, 1.82) is 0 Å². The zero-order valence-electron chi connectivity index (χ0n) is 8.06. The fourth-order valence-corrected chi connectivity index (χ4v) is 1.29. The number of nitrogens with zero attached hydrogens (tertiary/aromatic N) is 1. The van der Waals surface area contributed by atoms with Gasteiger partial charge in [0, 0.05) is 12.3 Å². The Bertz CT molecular complexity index is 413. The predicted octanol–water partition coefficient (Wildman–Crippen LogP) is 3.31. The molecule has 1 aromatic carbocycles. The topological polar surface area (TPSA) is 22.1 Å². The molecule has 0 radical (unpaired) electrons. The molecule has 2 nitrogen and oxygen atoms in total. The molecule has 0 spiro atoms. The molecule has 0 unspecified atom stereocenters. The quantitative estimate of drug-likeness (QED) is 0.790. The number of halogens is 1. The van der Waals surface area contributed by atoms with Gasteiger partial charge in [0.15, 0.2) is 0 Å². The summed E-state index contributed by atoms with van der Waals surface area (Å²) in [6, 6.07) is 13.5. The fraction of sp³-hybridized carbons (Fsp3) is 0.0833. The molecule has 76 valence electrons. The zero-order valence-corrected chi connectivity index (χ0v) is 8.82. The Morgan fingerprint density at radius 2 is 1.87 bits per heavy atom. The molecule has 0 aliphatic rings. The van der Waals surface area contributed by atoms with Crippen molar-refractivity contribution in [2.24, 2.45) is 0 Å². The van der Waals surface area contributed by atoms with Gasteiger partial charge in [-0.1, -0.05) is 41.9 Å². The molecule has 1 heterocycles. The molecular weight excluding hydrogens is 210 g/mol. The fourth-order valence-electron chi connectivity index (χ4n) is 1.18. The third-order valence-electron chi connectivity index (χ3n) is 1.93. The molecular formula is C12H10ClNO. The van der Waals surface area contributed by atoms with Crippen LogP contribution in [0.1, 0.15) is 5.56 Å². The minimum absolute atomic E-state index is 0.523. The lowest BCUT2D eigenvalue weighted by molar-refractivity contribution is 0.294. The van der Waals surface area contributed by atoms with Crippen LogP contribution in [0.2, 0.25) is 5.02 Å². The van der Waals surface area contributed by atoms with Gasteiger partial charge in [0.1, 0.15) is 6.61 Å². The van der Waals surface area contributed by atoms with Crippen LogP contribution in [0.4, 0.5) is 0 Å². The van der Waals surface area contributed by atoms with Crippen LogP contribution in [0.3, 0.4) is 0 Å². The van der Waals surface area contributed by atoms with Crippen LogP contribution in [0.25, 0.3) is 0 Å². The minimum atomic E-state index is 0.523. The minimum Gasteiger partial charge on any atom is -0.473 e. The number of ether oxygens (including phenoxy) is 1. The SMILES string of the molecule is Clc1ccc(OCc2ccccc2)nc1. The smallest absolute Gasteiger partial charge is 0.213 e. The van der Waals surface area contributed by atoms with Crippen LogP contribution < -0.4 is 4.74 Å². The van der Waals surface area contributed by atoms with Crippen LogP contribution in [0.5, 0.6) is 5.88 Å². The molecule has 0 amide bonds. The first-order valence-corrected chi connectivity index (χ1v) is 5.01. The Labute approximate surface area is 93.5 Å². The summed E-state index contributed by atoms with van der Waals surface area (Å²) < 4.78 is 5.48. The van der Waals surface area contributed by atoms with Crippen LogP contribution in [0, 0.1) is 0 Å². The molecule has 0 saturated carbocycles. The molecule has 3 heteroatoms. The van der Waals surface area contributed by atoms with E-state index in [9.17, 15) is 0 Å². The van der Waals surface area contributed by atoms with E-state index in [1.54, 1.807) is 18.3 Å². The molecule has 0 aliphatic carbocycles. The van der Waals surface area contributed by atoms with Gasteiger partial charge >= 0.3 is 0 Å². The summed E-state index contributed by atoms with van der Waals surface area (Å²) in [5, 5.41) is 0.613. The van der Waals surface area contributed by atoms with Gasteiger partial charge in [-0.05, 0) is 11.6 Å². The standard InChI is InChI=1S/C12H10ClNO/c13-11-6-7-12(14-8-11)15-9-10-4-2-1-3-5-10/h1-8H,9H2. The third-order valence-corrected chi connectivity index (χ3v) is 2.15. The van der Waals surface area contributed by atoms with E-state index in [0.29, 0.717) is 17.5 Å². The van der Waals surface area contributed by atoms with E-state index in [-0.39, 0.29) is 0 Å². The van der Waals surface area contributed by atoms with E-state index in [2.05, 4.69) is 4.98 Å². The highest BCUT2D eigenvalue weighted by atomic mass is 35.5. The summed E-state index contributed by atoms with van der Waals surface area (Å²) in [5.74, 6) is 0.586. The summed E-state index contributed by atoms with van der Waals surface area (Å²) in [7, 11) is 0. The lowest BCUT2D eigenvalue weighted by Gasteiger charge is -2.04. The first-order valence-electron chi connectivity index (χ1n) is 4.63. The number of pyridine rings is 1. The number of hydrogen-bond donors (Lipinski definition) is 0. The second kappa shape index (κ2) is 4.80. The number of aromatic nitrogens is 1. The summed E-state index contributed by atoms with van der Waals surface area (Å²) in [6.45, 7) is 0.523. The van der Waals surface area contributed by atoms with Gasteiger partial charge in [-0.2, -0.15) is 0 Å². The summed E-state index contributed by atoms with van der Waals surface area (Å²) in [6.07, 6.45) is 1.57. The van der Waals surface area contributed by atoms with Crippen LogP contribution in [-0.4, -0.2) is 4.98 Å². The van der Waals surface area contributed by atoms with Gasteiger partial charge in [-0.3, -0.25) is 0 Å². The summed E-state index contributed by atoms with van der Waals surface area (Å²) in [4.78, 5) is 4.04. The van der Waals surface area contributed by atoms with Crippen LogP contribution in [-0.2, 0) is 6.61 Å². The van der Waals surface area contributed by atoms with Gasteiger partial charge in [-0.15, -0.1) is 0 Å². The van der Waals surface area contributed by atoms with Crippen molar-refractivity contribution in [3.05, 3.63) is 59.2 Å². The molecule has 0 atom stereocenters. The average molecular weight is 220 g/mol. The van der Waals surface area contributed by atoms with Gasteiger partial charge in [0.2, 0.25) is 5.88 Å². The Kier molecular flexibility index (Phi) is 3.20. The molecule has 1 aromatic heterocycles. The lowest BCUT2D eigenvalue weighted by Crippen LogP contribution is -1.96. The van der Waals surface area contributed by atoms with Crippen LogP contribution >= 0.6 is 11.6 Å². The molecule has 0 bridgehead atoms. The van der Waals surface area contributed by atoms with Gasteiger partial charge in [-0.25, -0.2) is 4.98 Å². The maximum absolute atomic E-state index is 5.71. The second-order valence-corrected chi connectivity index (χ2v) is 3.53. The molecule has 0 N–H and O–H groups in total. The molecule has 0 fully saturated rings.